The minimum atomic E-state index is 0. The standard InChI is InChI=1S/C16H24N6S.HI/c1-5-9-17-16(18-12-15-20-19-13(2)22(15)4)21(3)10-8-14-7-6-11-23-14;/h5-7,11H,1,8-10,12H2,2-4H3,(H,17,18);1H. The maximum absolute atomic E-state index is 4.67. The molecule has 0 atom stereocenters. The Kier molecular flexibility index (Phi) is 8.98. The Morgan fingerprint density at radius 3 is 2.88 bits per heavy atom. The van der Waals surface area contributed by atoms with E-state index in [-0.39, 0.29) is 24.0 Å². The third-order valence-electron chi connectivity index (χ3n) is 3.59. The van der Waals surface area contributed by atoms with Crippen molar-refractivity contribution in [2.24, 2.45) is 12.0 Å². The maximum atomic E-state index is 4.67. The lowest BCUT2D eigenvalue weighted by molar-refractivity contribution is 0.487. The second kappa shape index (κ2) is 10.4. The molecule has 2 heterocycles. The summed E-state index contributed by atoms with van der Waals surface area (Å²) in [5.41, 5.74) is 0. The normalized spacial score (nSPS) is 11.0. The largest absolute Gasteiger partial charge is 0.353 e. The van der Waals surface area contributed by atoms with E-state index in [0.717, 1.165) is 30.6 Å². The average Bonchev–Trinajstić information content (AvgIpc) is 3.17. The highest BCUT2D eigenvalue weighted by Gasteiger charge is 2.08. The van der Waals surface area contributed by atoms with E-state index in [9.17, 15) is 0 Å². The Balaban J connectivity index is 0.00000288. The van der Waals surface area contributed by atoms with Crippen molar-refractivity contribution in [2.75, 3.05) is 20.1 Å². The van der Waals surface area contributed by atoms with E-state index in [4.69, 9.17) is 0 Å². The van der Waals surface area contributed by atoms with Crippen molar-refractivity contribution in [2.45, 2.75) is 19.9 Å². The molecule has 0 aliphatic heterocycles. The molecule has 0 saturated carbocycles. The maximum Gasteiger partial charge on any atom is 0.194 e. The summed E-state index contributed by atoms with van der Waals surface area (Å²) < 4.78 is 1.96. The number of likely N-dealkylation sites (N-methyl/N-ethyl adjacent to an activating group) is 1. The van der Waals surface area contributed by atoms with Gasteiger partial charge < -0.3 is 14.8 Å². The van der Waals surface area contributed by atoms with Crippen LogP contribution in [0.25, 0.3) is 0 Å². The van der Waals surface area contributed by atoms with E-state index < -0.39 is 0 Å². The van der Waals surface area contributed by atoms with Crippen LogP contribution in [-0.2, 0) is 20.0 Å². The molecule has 0 fully saturated rings. The van der Waals surface area contributed by atoms with Gasteiger partial charge in [0, 0.05) is 32.1 Å². The minimum Gasteiger partial charge on any atom is -0.353 e. The topological polar surface area (TPSA) is 58.3 Å². The molecule has 2 aromatic rings. The third kappa shape index (κ3) is 5.90. The number of aromatic nitrogens is 3. The molecule has 0 aliphatic carbocycles. The molecule has 0 amide bonds. The number of halogens is 1. The van der Waals surface area contributed by atoms with Gasteiger partial charge in [0.2, 0.25) is 0 Å². The molecule has 0 saturated heterocycles. The van der Waals surface area contributed by atoms with Crippen molar-refractivity contribution in [3.05, 3.63) is 46.7 Å². The molecular formula is C16H25IN6S. The highest BCUT2D eigenvalue weighted by Crippen LogP contribution is 2.09. The van der Waals surface area contributed by atoms with Crippen LogP contribution in [0, 0.1) is 6.92 Å². The van der Waals surface area contributed by atoms with Gasteiger partial charge in [0.05, 0.1) is 0 Å². The predicted molar refractivity (Wildman–Crippen MR) is 111 cm³/mol. The summed E-state index contributed by atoms with van der Waals surface area (Å²) in [4.78, 5) is 8.18. The number of aliphatic imine (C=N–C) groups is 1. The monoisotopic (exact) mass is 460 g/mol. The lowest BCUT2D eigenvalue weighted by Gasteiger charge is -2.21. The zero-order chi connectivity index (χ0) is 16.7. The van der Waals surface area contributed by atoms with Gasteiger partial charge >= 0.3 is 0 Å². The van der Waals surface area contributed by atoms with Gasteiger partial charge in [-0.2, -0.15) is 0 Å². The van der Waals surface area contributed by atoms with Crippen LogP contribution in [0.3, 0.4) is 0 Å². The quantitative estimate of drug-likeness (QED) is 0.299. The summed E-state index contributed by atoms with van der Waals surface area (Å²) >= 11 is 1.78. The third-order valence-corrected chi connectivity index (χ3v) is 4.53. The average molecular weight is 460 g/mol. The highest BCUT2D eigenvalue weighted by molar-refractivity contribution is 14.0. The van der Waals surface area contributed by atoms with Crippen LogP contribution in [0.5, 0.6) is 0 Å². The zero-order valence-electron chi connectivity index (χ0n) is 14.4. The number of hydrogen-bond acceptors (Lipinski definition) is 4. The van der Waals surface area contributed by atoms with E-state index in [0.29, 0.717) is 13.1 Å². The van der Waals surface area contributed by atoms with Crippen LogP contribution in [0.1, 0.15) is 16.5 Å². The number of guanidine groups is 1. The van der Waals surface area contributed by atoms with Gasteiger partial charge in [0.1, 0.15) is 12.4 Å². The Morgan fingerprint density at radius 1 is 1.50 bits per heavy atom. The van der Waals surface area contributed by atoms with Crippen molar-refractivity contribution in [1.82, 2.24) is 25.0 Å². The van der Waals surface area contributed by atoms with Gasteiger partial charge in [-0.15, -0.1) is 52.1 Å². The summed E-state index contributed by atoms with van der Waals surface area (Å²) in [7, 11) is 4.00. The van der Waals surface area contributed by atoms with Crippen LogP contribution in [0.15, 0.2) is 35.2 Å². The molecule has 0 radical (unpaired) electrons. The fourth-order valence-electron chi connectivity index (χ4n) is 2.05. The van der Waals surface area contributed by atoms with E-state index in [1.54, 1.807) is 11.3 Å². The Hall–Kier alpha value is -1.42. The van der Waals surface area contributed by atoms with Gasteiger partial charge in [-0.05, 0) is 24.8 Å². The first kappa shape index (κ1) is 20.6. The lowest BCUT2D eigenvalue weighted by Crippen LogP contribution is -2.40. The lowest BCUT2D eigenvalue weighted by atomic mass is 10.3. The van der Waals surface area contributed by atoms with E-state index in [1.807, 2.05) is 31.7 Å². The number of rotatable bonds is 7. The molecule has 6 nitrogen and oxygen atoms in total. The SMILES string of the molecule is C=CCNC(=NCc1nnc(C)n1C)N(C)CCc1cccs1.I. The zero-order valence-corrected chi connectivity index (χ0v) is 17.5. The summed E-state index contributed by atoms with van der Waals surface area (Å²) in [5, 5.41) is 13.6. The van der Waals surface area contributed by atoms with Gasteiger partial charge in [-0.3, -0.25) is 0 Å². The Bertz CT molecular complexity index is 650. The van der Waals surface area contributed by atoms with Gasteiger partial charge in [-0.1, -0.05) is 12.1 Å². The fourth-order valence-corrected chi connectivity index (χ4v) is 2.75. The first-order chi connectivity index (χ1) is 11.1. The molecule has 132 valence electrons. The molecule has 8 heteroatoms. The molecule has 0 spiro atoms. The number of thiophene rings is 1. The van der Waals surface area contributed by atoms with Crippen molar-refractivity contribution in [3.63, 3.8) is 0 Å². The second-order valence-electron chi connectivity index (χ2n) is 5.28. The van der Waals surface area contributed by atoms with Gasteiger partial charge in [0.25, 0.3) is 0 Å². The van der Waals surface area contributed by atoms with Crippen LogP contribution >= 0.6 is 35.3 Å². The molecule has 0 aromatic carbocycles. The van der Waals surface area contributed by atoms with Crippen molar-refractivity contribution < 1.29 is 0 Å². The highest BCUT2D eigenvalue weighted by atomic mass is 127. The molecule has 24 heavy (non-hydrogen) atoms. The van der Waals surface area contributed by atoms with Crippen molar-refractivity contribution in [1.29, 1.82) is 0 Å². The number of nitrogens with zero attached hydrogens (tertiary/aromatic N) is 5. The molecule has 2 aromatic heterocycles. The summed E-state index contributed by atoms with van der Waals surface area (Å²) in [5.74, 6) is 2.59. The van der Waals surface area contributed by atoms with E-state index in [1.165, 1.54) is 4.88 Å². The first-order valence-corrected chi connectivity index (χ1v) is 8.47. The first-order valence-electron chi connectivity index (χ1n) is 7.59. The molecule has 1 N–H and O–H groups in total. The number of nitrogens with one attached hydrogen (secondary N) is 1. The summed E-state index contributed by atoms with van der Waals surface area (Å²) in [6.07, 6.45) is 2.83. The van der Waals surface area contributed by atoms with Crippen LogP contribution in [0.4, 0.5) is 0 Å². The summed E-state index contributed by atoms with van der Waals surface area (Å²) in [6, 6.07) is 4.25. The molecular weight excluding hydrogens is 435 g/mol. The number of hydrogen-bond donors (Lipinski definition) is 1. The van der Waals surface area contributed by atoms with Crippen LogP contribution in [-0.4, -0.2) is 45.8 Å². The van der Waals surface area contributed by atoms with Crippen LogP contribution < -0.4 is 5.32 Å². The van der Waals surface area contributed by atoms with E-state index in [2.05, 4.69) is 49.5 Å². The van der Waals surface area contributed by atoms with Gasteiger partial charge in [0.15, 0.2) is 11.8 Å². The Morgan fingerprint density at radius 2 is 2.29 bits per heavy atom. The number of aryl methyl sites for hydroxylation is 1. The molecule has 2 rings (SSSR count). The van der Waals surface area contributed by atoms with Crippen LogP contribution in [0.2, 0.25) is 0 Å². The predicted octanol–water partition coefficient (Wildman–Crippen LogP) is 2.61. The van der Waals surface area contributed by atoms with Gasteiger partial charge in [-0.25, -0.2) is 4.99 Å². The minimum absolute atomic E-state index is 0. The van der Waals surface area contributed by atoms with E-state index >= 15 is 0 Å². The van der Waals surface area contributed by atoms with Crippen molar-refractivity contribution in [3.8, 4) is 0 Å². The molecule has 0 unspecified atom stereocenters. The smallest absolute Gasteiger partial charge is 0.194 e. The van der Waals surface area contributed by atoms with Crippen molar-refractivity contribution >= 4 is 41.3 Å². The summed E-state index contributed by atoms with van der Waals surface area (Å²) in [6.45, 7) is 7.77. The molecule has 0 aliphatic rings. The fraction of sp³-hybridized carbons (Fsp3) is 0.438. The Labute approximate surface area is 164 Å². The second-order valence-corrected chi connectivity index (χ2v) is 6.32. The molecule has 0 bridgehead atoms.